The van der Waals surface area contributed by atoms with Crippen molar-refractivity contribution in [1.29, 1.82) is 0 Å². The lowest BCUT2D eigenvalue weighted by atomic mass is 9.73. The van der Waals surface area contributed by atoms with E-state index in [1.54, 1.807) is 0 Å². The van der Waals surface area contributed by atoms with E-state index in [2.05, 4.69) is 58.5 Å². The van der Waals surface area contributed by atoms with Gasteiger partial charge >= 0.3 is 0 Å². The van der Waals surface area contributed by atoms with Gasteiger partial charge in [-0.15, -0.1) is 0 Å². The van der Waals surface area contributed by atoms with Gasteiger partial charge in [0.2, 0.25) is 0 Å². The van der Waals surface area contributed by atoms with E-state index in [-0.39, 0.29) is 0 Å². The summed E-state index contributed by atoms with van der Waals surface area (Å²) in [5.74, 6) is 1.13. The Labute approximate surface area is 137 Å². The summed E-state index contributed by atoms with van der Waals surface area (Å²) >= 11 is 0. The smallest absolute Gasteiger partial charge is 0.00885 e. The van der Waals surface area contributed by atoms with Crippen LogP contribution in [-0.2, 0) is 6.42 Å². The van der Waals surface area contributed by atoms with Crippen molar-refractivity contribution < 1.29 is 0 Å². The zero-order valence-electron chi connectivity index (χ0n) is 14.9. The molecule has 22 heavy (non-hydrogen) atoms. The Morgan fingerprint density at radius 3 is 2.64 bits per heavy atom. The van der Waals surface area contributed by atoms with E-state index in [0.717, 1.165) is 0 Å². The van der Waals surface area contributed by atoms with Crippen LogP contribution < -0.4 is 0 Å². The SMILES string of the molecule is C=C(C)C1CCC(C)=C[C@H]1c1ccc(CCCCC)cc1C. The maximum Gasteiger partial charge on any atom is 0.00885 e. The Balaban J connectivity index is 2.23. The van der Waals surface area contributed by atoms with Crippen LogP contribution in [0.25, 0.3) is 0 Å². The van der Waals surface area contributed by atoms with Crippen LogP contribution in [0.1, 0.15) is 75.5 Å². The number of hydrogen-bond donors (Lipinski definition) is 0. The monoisotopic (exact) mass is 296 g/mol. The van der Waals surface area contributed by atoms with Crippen LogP contribution in [0.5, 0.6) is 0 Å². The first-order valence-corrected chi connectivity index (χ1v) is 8.95. The van der Waals surface area contributed by atoms with E-state index in [0.29, 0.717) is 11.8 Å². The average molecular weight is 296 g/mol. The molecule has 2 atom stereocenters. The van der Waals surface area contributed by atoms with E-state index in [1.807, 2.05) is 0 Å². The van der Waals surface area contributed by atoms with Gasteiger partial charge < -0.3 is 0 Å². The number of rotatable bonds is 6. The van der Waals surface area contributed by atoms with Gasteiger partial charge in [0.25, 0.3) is 0 Å². The Morgan fingerprint density at radius 1 is 1.23 bits per heavy atom. The molecule has 2 rings (SSSR count). The van der Waals surface area contributed by atoms with Crippen molar-refractivity contribution in [2.75, 3.05) is 0 Å². The van der Waals surface area contributed by atoms with Gasteiger partial charge in [0.1, 0.15) is 0 Å². The van der Waals surface area contributed by atoms with Crippen LogP contribution in [0, 0.1) is 12.8 Å². The first-order valence-electron chi connectivity index (χ1n) is 8.95. The van der Waals surface area contributed by atoms with Crippen LogP contribution >= 0.6 is 0 Å². The summed E-state index contributed by atoms with van der Waals surface area (Å²) in [5.41, 5.74) is 7.33. The second kappa shape index (κ2) is 7.81. The first kappa shape index (κ1) is 17.1. The van der Waals surface area contributed by atoms with Crippen molar-refractivity contribution in [2.24, 2.45) is 5.92 Å². The van der Waals surface area contributed by atoms with E-state index >= 15 is 0 Å². The molecule has 1 aliphatic rings. The molecule has 0 heteroatoms. The summed E-state index contributed by atoms with van der Waals surface area (Å²) in [6.07, 6.45) is 10.1. The van der Waals surface area contributed by atoms with Crippen molar-refractivity contribution in [3.63, 3.8) is 0 Å². The Morgan fingerprint density at radius 2 is 2.00 bits per heavy atom. The molecule has 1 aliphatic carbocycles. The van der Waals surface area contributed by atoms with E-state index in [9.17, 15) is 0 Å². The van der Waals surface area contributed by atoms with Crippen LogP contribution in [-0.4, -0.2) is 0 Å². The van der Waals surface area contributed by atoms with Gasteiger partial charge in [-0.3, -0.25) is 0 Å². The van der Waals surface area contributed by atoms with Crippen molar-refractivity contribution >= 4 is 0 Å². The van der Waals surface area contributed by atoms with Gasteiger partial charge in [-0.2, -0.15) is 0 Å². The Bertz CT molecular complexity index is 547. The number of aryl methyl sites for hydroxylation is 2. The lowest BCUT2D eigenvalue weighted by Crippen LogP contribution is -2.17. The molecule has 0 bridgehead atoms. The lowest BCUT2D eigenvalue weighted by molar-refractivity contribution is 0.482. The summed E-state index contributed by atoms with van der Waals surface area (Å²) in [7, 11) is 0. The van der Waals surface area contributed by atoms with Gasteiger partial charge in [-0.05, 0) is 69.1 Å². The molecule has 0 saturated heterocycles. The number of hydrogen-bond acceptors (Lipinski definition) is 0. The molecule has 0 N–H and O–H groups in total. The zero-order chi connectivity index (χ0) is 16.1. The van der Waals surface area contributed by atoms with Crippen molar-refractivity contribution in [3.05, 3.63) is 58.7 Å². The Hall–Kier alpha value is -1.30. The summed E-state index contributed by atoms with van der Waals surface area (Å²) in [6.45, 7) is 13.3. The van der Waals surface area contributed by atoms with Crippen molar-refractivity contribution in [1.82, 2.24) is 0 Å². The molecule has 0 nitrogen and oxygen atoms in total. The third kappa shape index (κ3) is 4.12. The van der Waals surface area contributed by atoms with E-state index in [1.165, 1.54) is 66.4 Å². The predicted octanol–water partition coefficient (Wildman–Crippen LogP) is 6.74. The largest absolute Gasteiger partial charge is 0.0998 e. The summed E-state index contributed by atoms with van der Waals surface area (Å²) < 4.78 is 0. The quantitative estimate of drug-likeness (QED) is 0.402. The summed E-state index contributed by atoms with van der Waals surface area (Å²) in [5, 5.41) is 0. The molecule has 0 heterocycles. The predicted molar refractivity (Wildman–Crippen MR) is 98.4 cm³/mol. The molecular weight excluding hydrogens is 264 g/mol. The standard InChI is InChI=1S/C22H32/c1-6-7-8-9-19-11-13-21(18(5)15-19)22-14-17(4)10-12-20(22)16(2)3/h11,13-15,20,22H,2,6-10,12H2,1,3-5H3/t20?,22-/m1/s1. The topological polar surface area (TPSA) is 0 Å². The molecule has 1 aromatic rings. The third-order valence-electron chi connectivity index (χ3n) is 5.14. The molecule has 1 aromatic carbocycles. The minimum atomic E-state index is 0.524. The molecule has 1 unspecified atom stereocenters. The minimum Gasteiger partial charge on any atom is -0.0998 e. The van der Waals surface area contributed by atoms with Crippen molar-refractivity contribution in [3.8, 4) is 0 Å². The molecule has 0 fully saturated rings. The van der Waals surface area contributed by atoms with Gasteiger partial charge in [-0.1, -0.05) is 61.8 Å². The second-order valence-electron chi connectivity index (χ2n) is 7.18. The molecular formula is C22H32. The van der Waals surface area contributed by atoms with Crippen LogP contribution in [0.15, 0.2) is 42.0 Å². The number of unbranched alkanes of at least 4 members (excludes halogenated alkanes) is 2. The van der Waals surface area contributed by atoms with Gasteiger partial charge in [0, 0.05) is 5.92 Å². The van der Waals surface area contributed by atoms with Crippen LogP contribution in [0.2, 0.25) is 0 Å². The van der Waals surface area contributed by atoms with Gasteiger partial charge in [0.05, 0.1) is 0 Å². The fourth-order valence-corrected chi connectivity index (χ4v) is 3.77. The van der Waals surface area contributed by atoms with Crippen LogP contribution in [0.4, 0.5) is 0 Å². The fourth-order valence-electron chi connectivity index (χ4n) is 3.77. The normalized spacial score (nSPS) is 21.5. The zero-order valence-corrected chi connectivity index (χ0v) is 14.9. The highest BCUT2D eigenvalue weighted by Crippen LogP contribution is 2.40. The number of benzene rings is 1. The maximum atomic E-state index is 4.25. The molecule has 0 radical (unpaired) electrons. The highest BCUT2D eigenvalue weighted by molar-refractivity contribution is 5.39. The number of allylic oxidation sites excluding steroid dienone is 3. The molecule has 0 amide bonds. The molecule has 0 spiro atoms. The van der Waals surface area contributed by atoms with E-state index < -0.39 is 0 Å². The van der Waals surface area contributed by atoms with Crippen LogP contribution in [0.3, 0.4) is 0 Å². The van der Waals surface area contributed by atoms with Crippen molar-refractivity contribution in [2.45, 2.75) is 72.1 Å². The molecule has 120 valence electrons. The summed E-state index contributed by atoms with van der Waals surface area (Å²) in [4.78, 5) is 0. The second-order valence-corrected chi connectivity index (χ2v) is 7.18. The third-order valence-corrected chi connectivity index (χ3v) is 5.14. The molecule has 0 aliphatic heterocycles. The lowest BCUT2D eigenvalue weighted by Gasteiger charge is -2.31. The molecule has 0 aromatic heterocycles. The first-order chi connectivity index (χ1) is 10.5. The molecule has 0 saturated carbocycles. The van der Waals surface area contributed by atoms with Gasteiger partial charge in [0.15, 0.2) is 0 Å². The Kier molecular flexibility index (Phi) is 6.06. The van der Waals surface area contributed by atoms with Gasteiger partial charge in [-0.25, -0.2) is 0 Å². The highest BCUT2D eigenvalue weighted by atomic mass is 14.3. The highest BCUT2D eigenvalue weighted by Gasteiger charge is 2.26. The fraction of sp³-hybridized carbons (Fsp3) is 0.545. The summed E-state index contributed by atoms with van der Waals surface area (Å²) in [6, 6.07) is 7.15. The average Bonchev–Trinajstić information content (AvgIpc) is 2.47. The van der Waals surface area contributed by atoms with E-state index in [4.69, 9.17) is 0 Å². The minimum absolute atomic E-state index is 0.524. The maximum absolute atomic E-state index is 4.25.